The molecule has 13 nitrogen and oxygen atoms in total. The maximum absolute atomic E-state index is 14.4. The van der Waals surface area contributed by atoms with E-state index in [1.807, 2.05) is 13.8 Å². The molecule has 0 radical (unpaired) electrons. The van der Waals surface area contributed by atoms with E-state index in [4.69, 9.17) is 18.9 Å². The first kappa shape index (κ1) is 36.7. The largest absolute Gasteiger partial charge is 0.490 e. The fraction of sp³-hybridized carbons (Fsp3) is 0.444. The van der Waals surface area contributed by atoms with E-state index in [1.165, 1.54) is 23.1 Å². The van der Waals surface area contributed by atoms with Crippen molar-refractivity contribution in [3.63, 3.8) is 0 Å². The van der Waals surface area contributed by atoms with Crippen LogP contribution in [0.3, 0.4) is 0 Å². The Balaban J connectivity index is 1.38. The number of nitrogens with zero attached hydrogens (tertiary/aromatic N) is 2. The molecule has 2 aliphatic rings. The average molecular weight is 711 g/mol. The molecule has 0 bridgehead atoms. The van der Waals surface area contributed by atoms with E-state index in [0.29, 0.717) is 36.0 Å². The number of anilines is 2. The highest BCUT2D eigenvalue weighted by atomic mass is 32.2. The van der Waals surface area contributed by atoms with Gasteiger partial charge in [0, 0.05) is 50.1 Å². The van der Waals surface area contributed by atoms with E-state index >= 15 is 0 Å². The summed E-state index contributed by atoms with van der Waals surface area (Å²) in [6, 6.07) is 16.8. The molecule has 3 N–H and O–H groups in total. The van der Waals surface area contributed by atoms with Crippen LogP contribution in [0.5, 0.6) is 17.2 Å². The van der Waals surface area contributed by atoms with Crippen LogP contribution in [0.1, 0.15) is 50.4 Å². The smallest absolute Gasteiger partial charge is 0.321 e. The lowest BCUT2D eigenvalue weighted by atomic mass is 10.0. The van der Waals surface area contributed by atoms with E-state index in [-0.39, 0.29) is 60.7 Å². The second kappa shape index (κ2) is 16.5. The monoisotopic (exact) mass is 710 g/mol. The Labute approximate surface area is 293 Å². The fourth-order valence-electron chi connectivity index (χ4n) is 5.81. The molecule has 3 aromatic carbocycles. The van der Waals surface area contributed by atoms with E-state index in [1.54, 1.807) is 67.4 Å². The molecule has 3 amide bonds. The van der Waals surface area contributed by atoms with Gasteiger partial charge in [0.05, 0.1) is 35.3 Å². The van der Waals surface area contributed by atoms with Crippen molar-refractivity contribution < 1.29 is 42.1 Å². The van der Waals surface area contributed by atoms with Crippen molar-refractivity contribution in [3.05, 3.63) is 72.3 Å². The van der Waals surface area contributed by atoms with Crippen molar-refractivity contribution in [2.45, 2.75) is 63.2 Å². The number of likely N-dealkylation sites (N-methyl/N-ethyl adjacent to an activating group) is 1. The lowest BCUT2D eigenvalue weighted by Gasteiger charge is -2.35. The minimum absolute atomic E-state index is 0.0845. The predicted octanol–water partition coefficient (Wildman–Crippen LogP) is 5.18. The Kier molecular flexibility index (Phi) is 12.1. The average Bonchev–Trinajstić information content (AvgIpc) is 3.57. The number of carbonyl (C=O) groups is 2. The molecule has 0 aliphatic carbocycles. The maximum Gasteiger partial charge on any atom is 0.321 e. The Morgan fingerprint density at radius 1 is 1.00 bits per heavy atom. The van der Waals surface area contributed by atoms with Gasteiger partial charge in [0.1, 0.15) is 5.75 Å². The number of carbonyl (C=O) groups excluding carboxylic acids is 2. The summed E-state index contributed by atoms with van der Waals surface area (Å²) >= 11 is 0. The summed E-state index contributed by atoms with van der Waals surface area (Å²) in [4.78, 5) is 30.8. The topological polar surface area (TPSA) is 156 Å². The highest BCUT2D eigenvalue weighted by molar-refractivity contribution is 7.92. The normalized spacial score (nSPS) is 20.5. The second-order valence-corrected chi connectivity index (χ2v) is 14.5. The number of nitrogens with one attached hydrogen (secondary N) is 2. The molecule has 4 atom stereocenters. The molecular formula is C36H46N4O9S. The Hall–Kier alpha value is -4.53. The molecule has 270 valence electrons. The molecule has 0 unspecified atom stereocenters. The summed E-state index contributed by atoms with van der Waals surface area (Å²) in [5, 5.41) is 13.1. The minimum atomic E-state index is -3.93. The van der Waals surface area contributed by atoms with Crippen LogP contribution in [-0.2, 0) is 14.8 Å². The van der Waals surface area contributed by atoms with Gasteiger partial charge in [0.2, 0.25) is 6.79 Å². The van der Waals surface area contributed by atoms with Gasteiger partial charge in [-0.2, -0.15) is 0 Å². The van der Waals surface area contributed by atoms with Crippen LogP contribution in [0.2, 0.25) is 0 Å². The fourth-order valence-corrected chi connectivity index (χ4v) is 6.88. The van der Waals surface area contributed by atoms with Crippen LogP contribution in [0.15, 0.2) is 71.6 Å². The third kappa shape index (κ3) is 9.17. The van der Waals surface area contributed by atoms with Crippen molar-refractivity contribution in [1.29, 1.82) is 0 Å². The van der Waals surface area contributed by atoms with Crippen LogP contribution in [0, 0.1) is 5.92 Å². The summed E-state index contributed by atoms with van der Waals surface area (Å²) in [5.41, 5.74) is 0.909. The number of aliphatic hydroxyl groups excluding tert-OH is 1. The third-order valence-electron chi connectivity index (χ3n) is 8.78. The number of amides is 3. The van der Waals surface area contributed by atoms with Gasteiger partial charge >= 0.3 is 6.03 Å². The standard InChI is InChI=1S/C36H46N4O9S/c1-24-20-40(25(2)22-41)35(42)30-18-28(38-50(44,45)29-11-6-5-7-12-29)14-15-31(30)49-26(3)10-8-9-17-46-34(24)21-39(4)36(43)37-27-13-16-32-33(19-27)48-23-47-32/h5-7,11-16,18-19,24-26,34,38,41H,8-10,17,20-23H2,1-4H3,(H,37,43)/t24-,25-,26-,34+/m0/s1. The molecule has 0 fully saturated rings. The van der Waals surface area contributed by atoms with E-state index in [2.05, 4.69) is 10.0 Å². The Morgan fingerprint density at radius 3 is 2.48 bits per heavy atom. The molecule has 0 saturated carbocycles. The van der Waals surface area contributed by atoms with Gasteiger partial charge in [-0.05, 0) is 75.6 Å². The summed E-state index contributed by atoms with van der Waals surface area (Å²) < 4.78 is 52.3. The molecule has 50 heavy (non-hydrogen) atoms. The second-order valence-electron chi connectivity index (χ2n) is 12.8. The van der Waals surface area contributed by atoms with Crippen molar-refractivity contribution in [3.8, 4) is 17.2 Å². The van der Waals surface area contributed by atoms with E-state index in [0.717, 1.165) is 12.8 Å². The number of fused-ring (bicyclic) bond motifs is 2. The first-order valence-corrected chi connectivity index (χ1v) is 18.3. The van der Waals surface area contributed by atoms with Crippen LogP contribution in [-0.4, -0.2) is 93.7 Å². The summed E-state index contributed by atoms with van der Waals surface area (Å²) in [7, 11) is -2.25. The molecular weight excluding hydrogens is 664 g/mol. The molecule has 5 rings (SSSR count). The lowest BCUT2D eigenvalue weighted by Crippen LogP contribution is -2.48. The molecule has 2 heterocycles. The van der Waals surface area contributed by atoms with Gasteiger partial charge in [-0.1, -0.05) is 25.1 Å². The number of benzene rings is 3. The summed E-state index contributed by atoms with van der Waals surface area (Å²) in [6.07, 6.45) is 1.54. The van der Waals surface area contributed by atoms with Gasteiger partial charge < -0.3 is 39.2 Å². The zero-order valence-corrected chi connectivity index (χ0v) is 29.6. The summed E-state index contributed by atoms with van der Waals surface area (Å²) in [6.45, 7) is 6.27. The highest BCUT2D eigenvalue weighted by Crippen LogP contribution is 2.34. The molecule has 3 aromatic rings. The minimum Gasteiger partial charge on any atom is -0.490 e. The molecule has 0 spiro atoms. The summed E-state index contributed by atoms with van der Waals surface area (Å²) in [5.74, 6) is 0.768. The number of aliphatic hydroxyl groups is 1. The third-order valence-corrected chi connectivity index (χ3v) is 10.2. The van der Waals surface area contributed by atoms with Gasteiger partial charge in [-0.15, -0.1) is 0 Å². The molecule has 0 saturated heterocycles. The van der Waals surface area contributed by atoms with E-state index in [9.17, 15) is 23.1 Å². The van der Waals surface area contributed by atoms with Crippen LogP contribution < -0.4 is 24.2 Å². The number of ether oxygens (including phenoxy) is 4. The van der Waals surface area contributed by atoms with Gasteiger partial charge in [-0.3, -0.25) is 9.52 Å². The Bertz CT molecular complexity index is 1740. The molecule has 0 aromatic heterocycles. The van der Waals surface area contributed by atoms with Crippen LogP contribution in [0.25, 0.3) is 0 Å². The van der Waals surface area contributed by atoms with Gasteiger partial charge in [0.15, 0.2) is 11.5 Å². The quantitative estimate of drug-likeness (QED) is 0.287. The van der Waals surface area contributed by atoms with Crippen LogP contribution in [0.4, 0.5) is 16.2 Å². The SMILES string of the molecule is C[C@H]1CCCCO[C@H](CN(C)C(=O)Nc2ccc3c(c2)OCO3)[C@@H](C)CN([C@@H](C)CO)C(=O)c2cc(NS(=O)(=O)c3ccccc3)ccc2O1. The van der Waals surface area contributed by atoms with Gasteiger partial charge in [0.25, 0.3) is 15.9 Å². The molecule has 2 aliphatic heterocycles. The maximum atomic E-state index is 14.4. The molecule has 14 heteroatoms. The number of hydrogen-bond acceptors (Lipinski definition) is 9. The highest BCUT2D eigenvalue weighted by Gasteiger charge is 2.31. The van der Waals surface area contributed by atoms with Crippen molar-refractivity contribution in [2.24, 2.45) is 5.92 Å². The van der Waals surface area contributed by atoms with Crippen molar-refractivity contribution in [2.75, 3.05) is 50.2 Å². The number of rotatable bonds is 8. The van der Waals surface area contributed by atoms with Crippen molar-refractivity contribution >= 4 is 33.3 Å². The first-order valence-electron chi connectivity index (χ1n) is 16.8. The zero-order valence-electron chi connectivity index (χ0n) is 28.8. The number of urea groups is 1. The first-order chi connectivity index (χ1) is 23.9. The van der Waals surface area contributed by atoms with Gasteiger partial charge in [-0.25, -0.2) is 13.2 Å². The number of hydrogen-bond donors (Lipinski definition) is 3. The number of sulfonamides is 1. The lowest BCUT2D eigenvalue weighted by molar-refractivity contribution is -0.0115. The predicted molar refractivity (Wildman–Crippen MR) is 188 cm³/mol. The Morgan fingerprint density at radius 2 is 1.72 bits per heavy atom. The van der Waals surface area contributed by atoms with E-state index < -0.39 is 28.1 Å². The van der Waals surface area contributed by atoms with Crippen LogP contribution >= 0.6 is 0 Å². The zero-order chi connectivity index (χ0) is 35.8. The van der Waals surface area contributed by atoms with Crippen molar-refractivity contribution in [1.82, 2.24) is 9.80 Å².